The van der Waals surface area contributed by atoms with Gasteiger partial charge in [-0.15, -0.1) is 0 Å². The summed E-state index contributed by atoms with van der Waals surface area (Å²) in [5, 5.41) is 2.81. The van der Waals surface area contributed by atoms with Gasteiger partial charge in [0.25, 0.3) is 0 Å². The Labute approximate surface area is 160 Å². The molecule has 1 aromatic rings. The van der Waals surface area contributed by atoms with Crippen LogP contribution in [0.15, 0.2) is 29.2 Å². The average Bonchev–Trinajstić information content (AvgIpc) is 3.05. The summed E-state index contributed by atoms with van der Waals surface area (Å²) in [4.78, 5) is 26.9. The number of carbonyl (C=O) groups excluding carboxylic acids is 2. The molecule has 0 aromatic heterocycles. The van der Waals surface area contributed by atoms with E-state index in [1.165, 1.54) is 18.6 Å². The molecule has 2 N–H and O–H groups in total. The van der Waals surface area contributed by atoms with E-state index in [-0.39, 0.29) is 35.1 Å². The first kappa shape index (κ1) is 19.8. The van der Waals surface area contributed by atoms with Gasteiger partial charge in [0.15, 0.2) is 0 Å². The molecule has 1 unspecified atom stereocenters. The highest BCUT2D eigenvalue weighted by Gasteiger charge is 2.38. The molecule has 2 amide bonds. The van der Waals surface area contributed by atoms with E-state index in [1.807, 2.05) is 4.90 Å². The molecule has 7 nitrogen and oxygen atoms in total. The number of sulfonamides is 1. The Morgan fingerprint density at radius 3 is 2.44 bits per heavy atom. The van der Waals surface area contributed by atoms with Gasteiger partial charge in [-0.2, -0.15) is 0 Å². The molecule has 0 radical (unpaired) electrons. The molecule has 1 aliphatic carbocycles. The van der Waals surface area contributed by atoms with Crippen LogP contribution in [0.3, 0.4) is 0 Å². The lowest BCUT2D eigenvalue weighted by molar-refractivity contribution is -0.130. The van der Waals surface area contributed by atoms with Crippen molar-refractivity contribution in [3.8, 4) is 0 Å². The van der Waals surface area contributed by atoms with Crippen LogP contribution in [0.2, 0.25) is 0 Å². The zero-order chi connectivity index (χ0) is 19.4. The van der Waals surface area contributed by atoms with Gasteiger partial charge in [0.05, 0.1) is 10.8 Å². The van der Waals surface area contributed by atoms with Gasteiger partial charge >= 0.3 is 0 Å². The third-order valence-electron chi connectivity index (χ3n) is 5.31. The van der Waals surface area contributed by atoms with Crippen molar-refractivity contribution in [1.82, 2.24) is 9.62 Å². The highest BCUT2D eigenvalue weighted by atomic mass is 32.2. The van der Waals surface area contributed by atoms with Gasteiger partial charge in [-0.1, -0.05) is 26.2 Å². The standard InChI is InChI=1S/C19H27N3O4S/c1-2-20-27(25,26)17-10-8-15(9-11-17)21-19(24)14-12-18(23)22(13-14)16-6-4-3-5-7-16/h8-11,14,16,20H,2-7,12-13H2,1H3,(H,21,24). The lowest BCUT2D eigenvalue weighted by Crippen LogP contribution is -2.38. The van der Waals surface area contributed by atoms with Gasteiger partial charge in [-0.3, -0.25) is 9.59 Å². The smallest absolute Gasteiger partial charge is 0.240 e. The van der Waals surface area contributed by atoms with Gasteiger partial charge in [0.1, 0.15) is 0 Å². The van der Waals surface area contributed by atoms with Gasteiger partial charge in [-0.05, 0) is 37.1 Å². The third kappa shape index (κ3) is 4.68. The van der Waals surface area contributed by atoms with Crippen LogP contribution in [0.25, 0.3) is 0 Å². The van der Waals surface area contributed by atoms with E-state index in [1.54, 1.807) is 19.1 Å². The van der Waals surface area contributed by atoms with Crippen LogP contribution in [0, 0.1) is 5.92 Å². The van der Waals surface area contributed by atoms with Crippen LogP contribution in [0.5, 0.6) is 0 Å². The van der Waals surface area contributed by atoms with E-state index in [0.29, 0.717) is 18.8 Å². The minimum atomic E-state index is -3.51. The Morgan fingerprint density at radius 1 is 1.15 bits per heavy atom. The van der Waals surface area contributed by atoms with Crippen molar-refractivity contribution in [1.29, 1.82) is 0 Å². The van der Waals surface area contributed by atoms with Crippen molar-refractivity contribution in [2.24, 2.45) is 5.92 Å². The number of rotatable bonds is 6. The molecular formula is C19H27N3O4S. The first-order chi connectivity index (χ1) is 12.9. The van der Waals surface area contributed by atoms with Gasteiger partial charge in [-0.25, -0.2) is 13.1 Å². The van der Waals surface area contributed by atoms with Crippen molar-refractivity contribution in [2.45, 2.75) is 56.4 Å². The summed E-state index contributed by atoms with van der Waals surface area (Å²) in [5.41, 5.74) is 0.527. The molecule has 1 aromatic carbocycles. The number of likely N-dealkylation sites (tertiary alicyclic amines) is 1. The van der Waals surface area contributed by atoms with Gasteiger partial charge < -0.3 is 10.2 Å². The topological polar surface area (TPSA) is 95.6 Å². The van der Waals surface area contributed by atoms with E-state index >= 15 is 0 Å². The molecule has 0 spiro atoms. The largest absolute Gasteiger partial charge is 0.339 e. The minimum Gasteiger partial charge on any atom is -0.339 e. The number of carbonyl (C=O) groups is 2. The second-order valence-corrected chi connectivity index (χ2v) is 9.02. The van der Waals surface area contributed by atoms with Crippen molar-refractivity contribution >= 4 is 27.5 Å². The predicted octanol–water partition coefficient (Wildman–Crippen LogP) is 2.10. The van der Waals surface area contributed by atoms with Crippen LogP contribution in [0.1, 0.15) is 45.4 Å². The quantitative estimate of drug-likeness (QED) is 0.774. The first-order valence-corrected chi connectivity index (χ1v) is 11.1. The fourth-order valence-electron chi connectivity index (χ4n) is 3.89. The van der Waals surface area contributed by atoms with Crippen LogP contribution >= 0.6 is 0 Å². The maximum Gasteiger partial charge on any atom is 0.240 e. The number of hydrogen-bond acceptors (Lipinski definition) is 4. The summed E-state index contributed by atoms with van der Waals surface area (Å²) in [7, 11) is -3.51. The normalized spacial score (nSPS) is 21.4. The van der Waals surface area contributed by atoms with E-state index < -0.39 is 10.0 Å². The second kappa shape index (κ2) is 8.39. The highest BCUT2D eigenvalue weighted by Crippen LogP contribution is 2.29. The number of anilines is 1. The lowest BCUT2D eigenvalue weighted by atomic mass is 9.94. The number of nitrogens with zero attached hydrogens (tertiary/aromatic N) is 1. The molecule has 1 aliphatic heterocycles. The monoisotopic (exact) mass is 393 g/mol. The Morgan fingerprint density at radius 2 is 1.81 bits per heavy atom. The lowest BCUT2D eigenvalue weighted by Gasteiger charge is -2.31. The number of amides is 2. The van der Waals surface area contributed by atoms with Crippen LogP contribution in [0.4, 0.5) is 5.69 Å². The van der Waals surface area contributed by atoms with Crippen molar-refractivity contribution in [3.05, 3.63) is 24.3 Å². The molecule has 27 heavy (non-hydrogen) atoms. The van der Waals surface area contributed by atoms with E-state index in [2.05, 4.69) is 10.0 Å². The molecule has 2 aliphatic rings. The first-order valence-electron chi connectivity index (χ1n) is 9.61. The number of nitrogens with one attached hydrogen (secondary N) is 2. The molecule has 0 bridgehead atoms. The van der Waals surface area contributed by atoms with Crippen molar-refractivity contribution in [3.63, 3.8) is 0 Å². The molecule has 1 atom stereocenters. The Kier molecular flexibility index (Phi) is 6.16. The zero-order valence-electron chi connectivity index (χ0n) is 15.6. The van der Waals surface area contributed by atoms with Gasteiger partial charge in [0, 0.05) is 31.2 Å². The zero-order valence-corrected chi connectivity index (χ0v) is 16.4. The summed E-state index contributed by atoms with van der Waals surface area (Å²) in [6, 6.07) is 6.33. The molecule has 8 heteroatoms. The predicted molar refractivity (Wildman–Crippen MR) is 103 cm³/mol. The summed E-state index contributed by atoms with van der Waals surface area (Å²) < 4.78 is 26.3. The maximum absolute atomic E-state index is 12.6. The summed E-state index contributed by atoms with van der Waals surface area (Å²) >= 11 is 0. The number of hydrogen-bond donors (Lipinski definition) is 2. The summed E-state index contributed by atoms with van der Waals surface area (Å²) in [6.45, 7) is 2.50. The highest BCUT2D eigenvalue weighted by molar-refractivity contribution is 7.89. The molecule has 1 saturated carbocycles. The van der Waals surface area contributed by atoms with E-state index in [9.17, 15) is 18.0 Å². The van der Waals surface area contributed by atoms with Crippen LogP contribution in [-0.4, -0.2) is 44.3 Å². The van der Waals surface area contributed by atoms with Crippen molar-refractivity contribution < 1.29 is 18.0 Å². The molecule has 2 fully saturated rings. The molecule has 1 heterocycles. The Balaban J connectivity index is 1.60. The van der Waals surface area contributed by atoms with Crippen LogP contribution < -0.4 is 10.0 Å². The van der Waals surface area contributed by atoms with Crippen molar-refractivity contribution in [2.75, 3.05) is 18.4 Å². The van der Waals surface area contributed by atoms with Gasteiger partial charge in [0.2, 0.25) is 21.8 Å². The summed E-state index contributed by atoms with van der Waals surface area (Å²) in [6.07, 6.45) is 5.82. The maximum atomic E-state index is 12.6. The molecule has 1 saturated heterocycles. The fourth-order valence-corrected chi connectivity index (χ4v) is 4.93. The minimum absolute atomic E-state index is 0.0640. The summed E-state index contributed by atoms with van der Waals surface area (Å²) in [5.74, 6) is -0.484. The molecule has 148 valence electrons. The Hall–Kier alpha value is -1.93. The Bertz CT molecular complexity index is 786. The SMILES string of the molecule is CCNS(=O)(=O)c1ccc(NC(=O)C2CC(=O)N(C3CCCCC3)C2)cc1. The van der Waals surface area contributed by atoms with E-state index in [0.717, 1.165) is 25.7 Å². The van der Waals surface area contributed by atoms with E-state index in [4.69, 9.17) is 0 Å². The molecule has 3 rings (SSSR count). The van der Waals surface area contributed by atoms with Crippen LogP contribution in [-0.2, 0) is 19.6 Å². The number of benzene rings is 1. The fraction of sp³-hybridized carbons (Fsp3) is 0.579. The third-order valence-corrected chi connectivity index (χ3v) is 6.87. The molecular weight excluding hydrogens is 366 g/mol. The second-order valence-electron chi connectivity index (χ2n) is 7.25. The average molecular weight is 394 g/mol.